The van der Waals surface area contributed by atoms with Crippen LogP contribution >= 0.6 is 11.6 Å². The van der Waals surface area contributed by atoms with Crippen molar-refractivity contribution in [3.63, 3.8) is 0 Å². The van der Waals surface area contributed by atoms with Gasteiger partial charge in [0.25, 0.3) is 5.91 Å². The number of benzene rings is 2. The Morgan fingerprint density at radius 3 is 2.43 bits per heavy atom. The lowest BCUT2D eigenvalue weighted by Gasteiger charge is -2.33. The Hall–Kier alpha value is -2.48. The molecule has 2 aromatic carbocycles. The van der Waals surface area contributed by atoms with Crippen molar-refractivity contribution in [3.05, 3.63) is 71.4 Å². The van der Waals surface area contributed by atoms with E-state index in [0.29, 0.717) is 23.8 Å². The highest BCUT2D eigenvalue weighted by atomic mass is 35.5. The Kier molecular flexibility index (Phi) is 5.05. The number of hydrogen-bond acceptors (Lipinski definition) is 4. The van der Waals surface area contributed by atoms with Crippen molar-refractivity contribution >= 4 is 38.4 Å². The van der Waals surface area contributed by atoms with Gasteiger partial charge in [0.2, 0.25) is 10.0 Å². The number of hydrogen-bond donors (Lipinski definition) is 0. The maximum atomic E-state index is 12.8. The number of halogens is 1. The van der Waals surface area contributed by atoms with Crippen LogP contribution in [0.25, 0.3) is 10.9 Å². The number of nitrogens with zero attached hydrogens (tertiary/aromatic N) is 3. The van der Waals surface area contributed by atoms with Gasteiger partial charge >= 0.3 is 0 Å². The monoisotopic (exact) mass is 415 g/mol. The van der Waals surface area contributed by atoms with Crippen molar-refractivity contribution in [1.82, 2.24) is 14.2 Å². The van der Waals surface area contributed by atoms with Gasteiger partial charge in [-0.15, -0.1) is 0 Å². The molecule has 0 saturated carbocycles. The summed E-state index contributed by atoms with van der Waals surface area (Å²) in [5.41, 5.74) is 1.13. The van der Waals surface area contributed by atoms with E-state index in [-0.39, 0.29) is 23.9 Å². The molecule has 1 amide bonds. The number of piperazine rings is 1. The predicted molar refractivity (Wildman–Crippen MR) is 108 cm³/mol. The summed E-state index contributed by atoms with van der Waals surface area (Å²) >= 11 is 5.92. The van der Waals surface area contributed by atoms with E-state index in [1.807, 2.05) is 30.3 Å². The third-order valence-corrected chi connectivity index (χ3v) is 6.91. The molecule has 6 nitrogen and oxygen atoms in total. The molecular weight excluding hydrogens is 398 g/mol. The van der Waals surface area contributed by atoms with Crippen molar-refractivity contribution < 1.29 is 13.2 Å². The van der Waals surface area contributed by atoms with E-state index in [0.717, 1.165) is 10.9 Å². The van der Waals surface area contributed by atoms with Crippen LogP contribution in [0.4, 0.5) is 0 Å². The van der Waals surface area contributed by atoms with Crippen LogP contribution in [0.15, 0.2) is 65.6 Å². The fraction of sp³-hybridized carbons (Fsp3) is 0.200. The molecule has 0 N–H and O–H groups in total. The van der Waals surface area contributed by atoms with E-state index in [9.17, 15) is 13.2 Å². The molecule has 1 aromatic heterocycles. The minimum atomic E-state index is -3.63. The van der Waals surface area contributed by atoms with Gasteiger partial charge in [0.05, 0.1) is 10.4 Å². The quantitative estimate of drug-likeness (QED) is 0.659. The molecule has 144 valence electrons. The molecule has 1 aliphatic rings. The van der Waals surface area contributed by atoms with Crippen molar-refractivity contribution in [3.8, 4) is 0 Å². The topological polar surface area (TPSA) is 70.6 Å². The molecular formula is C20H18ClN3O3S. The summed E-state index contributed by atoms with van der Waals surface area (Å²) in [5, 5.41) is 1.34. The van der Waals surface area contributed by atoms with Crippen LogP contribution in [-0.2, 0) is 10.0 Å². The van der Waals surface area contributed by atoms with E-state index in [2.05, 4.69) is 4.98 Å². The Morgan fingerprint density at radius 2 is 1.68 bits per heavy atom. The zero-order chi connectivity index (χ0) is 19.7. The molecule has 2 heterocycles. The second-order valence-electron chi connectivity index (χ2n) is 6.54. The number of pyridine rings is 1. The lowest BCUT2D eigenvalue weighted by atomic mass is 10.2. The maximum absolute atomic E-state index is 12.8. The smallest absolute Gasteiger partial charge is 0.272 e. The fourth-order valence-corrected chi connectivity index (χ4v) is 4.98. The first kappa shape index (κ1) is 18.9. The third-order valence-electron chi connectivity index (χ3n) is 4.78. The summed E-state index contributed by atoms with van der Waals surface area (Å²) in [7, 11) is -3.63. The van der Waals surface area contributed by atoms with Crippen molar-refractivity contribution in [2.75, 3.05) is 26.2 Å². The molecule has 1 fully saturated rings. The number of amides is 1. The lowest BCUT2D eigenvalue weighted by molar-refractivity contribution is 0.0692. The second kappa shape index (κ2) is 7.50. The number of sulfonamides is 1. The highest BCUT2D eigenvalue weighted by molar-refractivity contribution is 7.89. The number of carbonyl (C=O) groups is 1. The first-order valence-electron chi connectivity index (χ1n) is 8.86. The minimum Gasteiger partial charge on any atom is -0.335 e. The van der Waals surface area contributed by atoms with E-state index >= 15 is 0 Å². The van der Waals surface area contributed by atoms with Crippen molar-refractivity contribution in [2.45, 2.75) is 4.90 Å². The second-order valence-corrected chi connectivity index (χ2v) is 8.92. The van der Waals surface area contributed by atoms with Gasteiger partial charge < -0.3 is 4.90 Å². The van der Waals surface area contributed by atoms with Crippen LogP contribution < -0.4 is 0 Å². The van der Waals surface area contributed by atoms with Crippen LogP contribution in [-0.4, -0.2) is 54.7 Å². The Bertz CT molecular complexity index is 1140. The molecule has 0 bridgehead atoms. The van der Waals surface area contributed by atoms with E-state index in [4.69, 9.17) is 11.6 Å². The zero-order valence-electron chi connectivity index (χ0n) is 15.0. The molecule has 8 heteroatoms. The van der Waals surface area contributed by atoms with Gasteiger partial charge in [0.1, 0.15) is 5.69 Å². The number of aromatic nitrogens is 1. The number of fused-ring (bicyclic) bond motifs is 1. The summed E-state index contributed by atoms with van der Waals surface area (Å²) in [6.07, 6.45) is 0. The van der Waals surface area contributed by atoms with Crippen LogP contribution in [0.3, 0.4) is 0 Å². The molecule has 3 aromatic rings. The average molecular weight is 416 g/mol. The normalized spacial score (nSPS) is 15.7. The molecule has 1 saturated heterocycles. The molecule has 0 spiro atoms. The van der Waals surface area contributed by atoms with Gasteiger partial charge in [0.15, 0.2) is 0 Å². The van der Waals surface area contributed by atoms with Crippen molar-refractivity contribution in [1.29, 1.82) is 0 Å². The molecule has 0 radical (unpaired) electrons. The Labute approximate surface area is 168 Å². The van der Waals surface area contributed by atoms with Gasteiger partial charge in [-0.05, 0) is 30.3 Å². The molecule has 0 atom stereocenters. The third kappa shape index (κ3) is 3.61. The summed E-state index contributed by atoms with van der Waals surface area (Å²) in [6.45, 7) is 1.09. The van der Waals surface area contributed by atoms with E-state index < -0.39 is 10.0 Å². The largest absolute Gasteiger partial charge is 0.335 e. The van der Waals surface area contributed by atoms with Crippen molar-refractivity contribution in [2.24, 2.45) is 0 Å². The molecule has 0 aliphatic carbocycles. The van der Waals surface area contributed by atoms with Crippen LogP contribution in [0.1, 0.15) is 10.5 Å². The molecule has 4 rings (SSSR count). The molecule has 0 unspecified atom stereocenters. The highest BCUT2D eigenvalue weighted by Gasteiger charge is 2.30. The molecule has 1 aliphatic heterocycles. The minimum absolute atomic E-state index is 0.163. The van der Waals surface area contributed by atoms with Gasteiger partial charge in [-0.3, -0.25) is 4.79 Å². The van der Waals surface area contributed by atoms with Gasteiger partial charge in [-0.2, -0.15) is 4.31 Å². The van der Waals surface area contributed by atoms with Gasteiger partial charge in [-0.1, -0.05) is 41.9 Å². The van der Waals surface area contributed by atoms with Gasteiger partial charge in [-0.25, -0.2) is 13.4 Å². The zero-order valence-corrected chi connectivity index (χ0v) is 16.5. The number of para-hydroxylation sites is 1. The summed E-state index contributed by atoms with van der Waals surface area (Å²) in [6, 6.07) is 17.4. The summed E-state index contributed by atoms with van der Waals surface area (Å²) in [5.74, 6) is -0.189. The van der Waals surface area contributed by atoms with E-state index in [1.54, 1.807) is 23.1 Å². The number of rotatable bonds is 3. The maximum Gasteiger partial charge on any atom is 0.272 e. The number of carbonyl (C=O) groups excluding carboxylic acids is 1. The standard InChI is InChI=1S/C20H18ClN3O3S/c21-16-5-3-6-17(14-16)28(26,27)24-12-10-23(11-13-24)20(25)19-9-8-15-4-1-2-7-18(15)22-19/h1-9,14H,10-13H2. The SMILES string of the molecule is O=C(c1ccc2ccccc2n1)N1CCN(S(=O)(=O)c2cccc(Cl)c2)CC1. The fourth-order valence-electron chi connectivity index (χ4n) is 3.26. The van der Waals surface area contributed by atoms with Crippen LogP contribution in [0.5, 0.6) is 0 Å². The Morgan fingerprint density at radius 1 is 0.929 bits per heavy atom. The van der Waals surface area contributed by atoms with Crippen LogP contribution in [0.2, 0.25) is 5.02 Å². The summed E-state index contributed by atoms with van der Waals surface area (Å²) in [4.78, 5) is 19.0. The van der Waals surface area contributed by atoms with Gasteiger partial charge in [0, 0.05) is 36.6 Å². The lowest BCUT2D eigenvalue weighted by Crippen LogP contribution is -2.50. The van der Waals surface area contributed by atoms with Crippen LogP contribution in [0, 0.1) is 0 Å². The predicted octanol–water partition coefficient (Wildman–Crippen LogP) is 3.03. The summed E-state index contributed by atoms with van der Waals surface area (Å²) < 4.78 is 27.0. The van der Waals surface area contributed by atoms with E-state index in [1.165, 1.54) is 16.4 Å². The first-order valence-corrected chi connectivity index (χ1v) is 10.7. The average Bonchev–Trinajstić information content (AvgIpc) is 2.73. The highest BCUT2D eigenvalue weighted by Crippen LogP contribution is 2.21. The molecule has 28 heavy (non-hydrogen) atoms. The first-order chi connectivity index (χ1) is 13.4. The Balaban J connectivity index is 1.48.